The molecule has 4 N–H and O–H groups in total. The summed E-state index contributed by atoms with van der Waals surface area (Å²) < 4.78 is 5.69. The number of carbonyl (C=O) groups excluding carboxylic acids is 4. The summed E-state index contributed by atoms with van der Waals surface area (Å²) >= 11 is 0. The molecule has 0 bridgehead atoms. The van der Waals surface area contributed by atoms with Crippen LogP contribution in [0.5, 0.6) is 5.75 Å². The van der Waals surface area contributed by atoms with E-state index >= 15 is 0 Å². The molecular formula is C22H30N4O6. The van der Waals surface area contributed by atoms with Gasteiger partial charge in [0.25, 0.3) is 5.91 Å². The number of likely N-dealkylation sites (tertiary alicyclic amines) is 1. The maximum atomic E-state index is 12.9. The molecule has 10 heteroatoms. The van der Waals surface area contributed by atoms with Crippen LogP contribution < -0.4 is 20.7 Å². The Balaban J connectivity index is 1.86. The van der Waals surface area contributed by atoms with Gasteiger partial charge in [-0.15, -0.1) is 0 Å². The minimum atomic E-state index is -1.14. The molecule has 1 aromatic carbocycles. The number of nitrogens with zero attached hydrogens (tertiary/aromatic N) is 1. The van der Waals surface area contributed by atoms with E-state index in [1.807, 2.05) is 13.8 Å². The summed E-state index contributed by atoms with van der Waals surface area (Å²) in [5, 5.41) is 17.6. The molecule has 1 aromatic rings. The molecular weight excluding hydrogens is 416 g/mol. The zero-order valence-electron chi connectivity index (χ0n) is 18.3. The number of ether oxygens (including phenoxy) is 1. The van der Waals surface area contributed by atoms with Gasteiger partial charge in [-0.2, -0.15) is 0 Å². The van der Waals surface area contributed by atoms with Crippen LogP contribution in [0.25, 0.3) is 0 Å². The van der Waals surface area contributed by atoms with Crippen LogP contribution >= 0.6 is 0 Å². The smallest absolute Gasteiger partial charge is 0.255 e. The second-order valence-corrected chi connectivity index (χ2v) is 8.51. The number of hydrogen-bond donors (Lipinski definition) is 4. The number of carbonyl (C=O) groups is 4. The zero-order valence-corrected chi connectivity index (χ0v) is 18.3. The molecule has 3 rings (SSSR count). The molecule has 174 valence electrons. The number of amides is 4. The Bertz CT molecular complexity index is 868. The minimum Gasteiger partial charge on any atom is -0.491 e. The normalized spacial score (nSPS) is 23.1. The summed E-state index contributed by atoms with van der Waals surface area (Å²) in [6.07, 6.45) is -0.526. The Hall–Kier alpha value is -3.14. The first-order valence-electron chi connectivity index (χ1n) is 10.8. The van der Waals surface area contributed by atoms with Crippen LogP contribution in [-0.2, 0) is 14.4 Å². The van der Waals surface area contributed by atoms with Gasteiger partial charge in [-0.1, -0.05) is 26.0 Å². The first-order valence-corrected chi connectivity index (χ1v) is 10.8. The van der Waals surface area contributed by atoms with Crippen LogP contribution in [0, 0.1) is 5.92 Å². The lowest BCUT2D eigenvalue weighted by molar-refractivity contribution is -0.145. The standard InChI is InChI=1S/C22H30N4O6/c1-13(2)9-16-21(30)23-7-8-32-18-6-4-3-5-15(18)20(29)25-17(10-19(28)24-16)22(31)26-11-14(27)12-26/h3-6,13-14,16-17,27H,7-12H2,1-2H3,(H,23,30)(H,24,28)(H,25,29)/t16-,17-/m0/s1. The Morgan fingerprint density at radius 1 is 1.19 bits per heavy atom. The lowest BCUT2D eigenvalue weighted by Gasteiger charge is -2.38. The van der Waals surface area contributed by atoms with Gasteiger partial charge >= 0.3 is 0 Å². The van der Waals surface area contributed by atoms with Gasteiger partial charge in [0.15, 0.2) is 0 Å². The van der Waals surface area contributed by atoms with Crippen molar-refractivity contribution >= 4 is 23.6 Å². The summed E-state index contributed by atoms with van der Waals surface area (Å²) in [5.74, 6) is -1.41. The molecule has 0 aromatic heterocycles. The van der Waals surface area contributed by atoms with Crippen molar-refractivity contribution in [2.75, 3.05) is 26.2 Å². The molecule has 1 fully saturated rings. The van der Waals surface area contributed by atoms with Crippen LogP contribution in [0.3, 0.4) is 0 Å². The van der Waals surface area contributed by atoms with Gasteiger partial charge in [-0.3, -0.25) is 19.2 Å². The summed E-state index contributed by atoms with van der Waals surface area (Å²) in [7, 11) is 0. The van der Waals surface area contributed by atoms with E-state index in [1.54, 1.807) is 24.3 Å². The number of β-amino-alcohol motifs (C(OH)–C–C–N with tert-alkyl or cyclic N) is 1. The van der Waals surface area contributed by atoms with E-state index in [2.05, 4.69) is 16.0 Å². The number of rotatable bonds is 3. The van der Waals surface area contributed by atoms with Gasteiger partial charge in [0.2, 0.25) is 17.7 Å². The second-order valence-electron chi connectivity index (χ2n) is 8.51. The van der Waals surface area contributed by atoms with Crippen molar-refractivity contribution in [3.63, 3.8) is 0 Å². The molecule has 2 atom stereocenters. The minimum absolute atomic E-state index is 0.131. The maximum absolute atomic E-state index is 12.9. The molecule has 4 amide bonds. The number of hydrogen-bond acceptors (Lipinski definition) is 6. The van der Waals surface area contributed by atoms with E-state index in [-0.39, 0.29) is 50.1 Å². The van der Waals surface area contributed by atoms with Crippen molar-refractivity contribution in [2.45, 2.75) is 44.9 Å². The number of para-hydroxylation sites is 1. The first kappa shape index (κ1) is 23.5. The van der Waals surface area contributed by atoms with Crippen LogP contribution in [0.2, 0.25) is 0 Å². The third-order valence-corrected chi connectivity index (χ3v) is 5.32. The van der Waals surface area contributed by atoms with E-state index in [4.69, 9.17) is 4.74 Å². The lowest BCUT2D eigenvalue weighted by atomic mass is 10.0. The quantitative estimate of drug-likeness (QED) is 0.490. The monoisotopic (exact) mass is 446 g/mol. The SMILES string of the molecule is CC(C)C[C@@H]1NC(=O)C[C@@H](C(=O)N2CC(O)C2)NC(=O)c2ccccc2OCCNC1=O. The number of nitrogens with one attached hydrogen (secondary N) is 3. The van der Waals surface area contributed by atoms with Gasteiger partial charge in [0.1, 0.15) is 24.4 Å². The topological polar surface area (TPSA) is 137 Å². The number of benzene rings is 1. The Kier molecular flexibility index (Phi) is 7.68. The molecule has 32 heavy (non-hydrogen) atoms. The third-order valence-electron chi connectivity index (χ3n) is 5.32. The van der Waals surface area contributed by atoms with Crippen molar-refractivity contribution in [3.8, 4) is 5.75 Å². The largest absolute Gasteiger partial charge is 0.491 e. The molecule has 0 spiro atoms. The predicted octanol–water partition coefficient (Wildman–Crippen LogP) is -0.582. The van der Waals surface area contributed by atoms with Gasteiger partial charge in [-0.25, -0.2) is 0 Å². The maximum Gasteiger partial charge on any atom is 0.255 e. The summed E-state index contributed by atoms with van der Waals surface area (Å²) in [4.78, 5) is 52.6. The molecule has 2 aliphatic heterocycles. The average molecular weight is 447 g/mol. The van der Waals surface area contributed by atoms with Gasteiger partial charge in [0.05, 0.1) is 24.6 Å². The molecule has 1 saturated heterocycles. The summed E-state index contributed by atoms with van der Waals surface area (Å²) in [5.41, 5.74) is 0.218. The Labute approximate surface area is 186 Å². The van der Waals surface area contributed by atoms with Crippen molar-refractivity contribution in [1.82, 2.24) is 20.9 Å². The number of aliphatic hydroxyl groups excluding tert-OH is 1. The van der Waals surface area contributed by atoms with Gasteiger partial charge in [0, 0.05) is 13.1 Å². The third kappa shape index (κ3) is 5.97. The van der Waals surface area contributed by atoms with Crippen molar-refractivity contribution < 1.29 is 29.0 Å². The highest BCUT2D eigenvalue weighted by Gasteiger charge is 2.36. The van der Waals surface area contributed by atoms with Crippen LogP contribution in [0.15, 0.2) is 24.3 Å². The molecule has 2 heterocycles. The first-order chi connectivity index (χ1) is 15.2. The highest BCUT2D eigenvalue weighted by atomic mass is 16.5. The fourth-order valence-corrected chi connectivity index (χ4v) is 3.67. The van der Waals surface area contributed by atoms with E-state index in [9.17, 15) is 24.3 Å². The molecule has 0 unspecified atom stereocenters. The van der Waals surface area contributed by atoms with Crippen molar-refractivity contribution in [3.05, 3.63) is 29.8 Å². The van der Waals surface area contributed by atoms with Crippen molar-refractivity contribution in [1.29, 1.82) is 0 Å². The van der Waals surface area contributed by atoms with Gasteiger partial charge < -0.3 is 30.7 Å². The average Bonchev–Trinajstić information content (AvgIpc) is 2.72. The summed E-state index contributed by atoms with van der Waals surface area (Å²) in [6, 6.07) is 4.65. The number of fused-ring (bicyclic) bond motifs is 1. The molecule has 10 nitrogen and oxygen atoms in total. The van der Waals surface area contributed by atoms with E-state index in [1.165, 1.54) is 4.90 Å². The molecule has 0 saturated carbocycles. The lowest BCUT2D eigenvalue weighted by Crippen LogP contribution is -2.60. The van der Waals surface area contributed by atoms with Crippen molar-refractivity contribution in [2.24, 2.45) is 5.92 Å². The molecule has 0 radical (unpaired) electrons. The fourth-order valence-electron chi connectivity index (χ4n) is 3.67. The second kappa shape index (κ2) is 10.4. The van der Waals surface area contributed by atoms with E-state index in [0.717, 1.165) is 0 Å². The van der Waals surface area contributed by atoms with Crippen LogP contribution in [0.4, 0.5) is 0 Å². The fraction of sp³-hybridized carbons (Fsp3) is 0.545. The summed E-state index contributed by atoms with van der Waals surface area (Å²) in [6.45, 7) is 4.50. The Morgan fingerprint density at radius 2 is 1.91 bits per heavy atom. The van der Waals surface area contributed by atoms with Crippen LogP contribution in [0.1, 0.15) is 37.0 Å². The van der Waals surface area contributed by atoms with Crippen LogP contribution in [-0.4, -0.2) is 78.1 Å². The highest BCUT2D eigenvalue weighted by molar-refractivity contribution is 6.01. The van der Waals surface area contributed by atoms with Gasteiger partial charge in [-0.05, 0) is 24.5 Å². The van der Waals surface area contributed by atoms with E-state index < -0.39 is 35.9 Å². The van der Waals surface area contributed by atoms with E-state index in [0.29, 0.717) is 12.2 Å². The predicted molar refractivity (Wildman–Crippen MR) is 115 cm³/mol. The highest BCUT2D eigenvalue weighted by Crippen LogP contribution is 2.19. The molecule has 2 aliphatic rings. The number of aliphatic hydroxyl groups is 1. The zero-order chi connectivity index (χ0) is 23.3. The Morgan fingerprint density at radius 3 is 2.59 bits per heavy atom. The molecule has 0 aliphatic carbocycles.